The zero-order valence-corrected chi connectivity index (χ0v) is 14.4. The molecule has 0 amide bonds. The van der Waals surface area contributed by atoms with Crippen LogP contribution in [0.2, 0.25) is 0 Å². The second-order valence-corrected chi connectivity index (χ2v) is 6.50. The van der Waals surface area contributed by atoms with Gasteiger partial charge in [0.1, 0.15) is 5.82 Å². The van der Waals surface area contributed by atoms with Crippen LogP contribution in [0.25, 0.3) is 0 Å². The molecule has 3 atom stereocenters. The minimum atomic E-state index is -0.181. The molecule has 0 spiro atoms. The van der Waals surface area contributed by atoms with Crippen LogP contribution in [0, 0.1) is 12.7 Å². The molecule has 0 bridgehead atoms. The van der Waals surface area contributed by atoms with Crippen molar-refractivity contribution in [3.63, 3.8) is 0 Å². The topological polar surface area (TPSA) is 51.4 Å². The molecule has 24 heavy (non-hydrogen) atoms. The molecule has 2 aromatic rings. The van der Waals surface area contributed by atoms with E-state index in [4.69, 9.17) is 9.26 Å². The molecule has 0 N–H and O–H groups in total. The summed E-state index contributed by atoms with van der Waals surface area (Å²) >= 11 is 0. The van der Waals surface area contributed by atoms with E-state index in [9.17, 15) is 4.39 Å². The predicted molar refractivity (Wildman–Crippen MR) is 88.1 cm³/mol. The van der Waals surface area contributed by atoms with E-state index in [1.165, 1.54) is 6.07 Å². The summed E-state index contributed by atoms with van der Waals surface area (Å²) in [5, 5.41) is 3.91. The zero-order valence-electron chi connectivity index (χ0n) is 14.4. The van der Waals surface area contributed by atoms with Crippen LogP contribution < -0.4 is 0 Å². The Labute approximate surface area is 141 Å². The Hall–Kier alpha value is -1.79. The third-order valence-electron chi connectivity index (χ3n) is 4.77. The lowest BCUT2D eigenvalue weighted by Crippen LogP contribution is -2.34. The number of aromatic nitrogens is 2. The van der Waals surface area contributed by atoms with E-state index in [2.05, 4.69) is 22.0 Å². The third-order valence-corrected chi connectivity index (χ3v) is 4.77. The Kier molecular flexibility index (Phi) is 5.26. The van der Waals surface area contributed by atoms with Crippen molar-refractivity contribution in [1.29, 1.82) is 0 Å². The van der Waals surface area contributed by atoms with Crippen LogP contribution in [0.5, 0.6) is 0 Å². The number of ether oxygens (including phenoxy) is 1. The molecule has 5 nitrogen and oxygen atoms in total. The minimum absolute atomic E-state index is 0.0821. The third kappa shape index (κ3) is 3.82. The van der Waals surface area contributed by atoms with E-state index in [-0.39, 0.29) is 18.0 Å². The largest absolute Gasteiger partial charge is 0.380 e. The summed E-state index contributed by atoms with van der Waals surface area (Å²) in [6.07, 6.45) is 2.79. The molecular weight excluding hydrogens is 309 g/mol. The molecule has 1 aromatic carbocycles. The van der Waals surface area contributed by atoms with Crippen LogP contribution in [0.4, 0.5) is 4.39 Å². The first-order valence-electron chi connectivity index (χ1n) is 8.40. The monoisotopic (exact) mass is 333 g/mol. The van der Waals surface area contributed by atoms with Crippen molar-refractivity contribution in [2.75, 3.05) is 13.7 Å². The van der Waals surface area contributed by atoms with E-state index >= 15 is 0 Å². The highest BCUT2D eigenvalue weighted by atomic mass is 19.1. The number of halogens is 1. The molecule has 1 saturated heterocycles. The van der Waals surface area contributed by atoms with Crippen LogP contribution in [-0.2, 0) is 11.2 Å². The number of benzene rings is 1. The van der Waals surface area contributed by atoms with Gasteiger partial charge < -0.3 is 9.26 Å². The highest BCUT2D eigenvalue weighted by molar-refractivity contribution is 5.16. The number of methoxy groups -OCH3 is 1. The highest BCUT2D eigenvalue weighted by Crippen LogP contribution is 2.35. The number of aryl methyl sites for hydroxylation is 2. The Balaban J connectivity index is 1.68. The van der Waals surface area contributed by atoms with E-state index in [1.54, 1.807) is 19.2 Å². The van der Waals surface area contributed by atoms with E-state index in [0.717, 1.165) is 31.4 Å². The number of nitrogens with zero attached hydrogens (tertiary/aromatic N) is 3. The fraction of sp³-hybridized carbons (Fsp3) is 0.556. The van der Waals surface area contributed by atoms with Crippen molar-refractivity contribution >= 4 is 0 Å². The molecular formula is C18H24FN3O2. The number of hydrogen-bond acceptors (Lipinski definition) is 5. The van der Waals surface area contributed by atoms with Crippen LogP contribution in [0.15, 0.2) is 28.8 Å². The Morgan fingerprint density at radius 3 is 2.96 bits per heavy atom. The Morgan fingerprint density at radius 1 is 1.46 bits per heavy atom. The standard InChI is InChI=1S/C18H24FN3O2/c1-12(7-8-14-5-4-6-15(19)9-14)22-11-16(23-3)10-17(22)18-20-13(2)21-24-18/h4-6,9,12,16-17H,7-8,10-11H2,1-3H3/t12?,16-,17-/m1/s1. The SMILES string of the molecule is CO[C@@H]1C[C@H](c2nc(C)no2)N(C(C)CCc2cccc(F)c2)C1. The maximum absolute atomic E-state index is 13.3. The van der Waals surface area contributed by atoms with Crippen molar-refractivity contribution in [2.45, 2.75) is 51.3 Å². The summed E-state index contributed by atoms with van der Waals surface area (Å²) < 4.78 is 24.3. The highest BCUT2D eigenvalue weighted by Gasteiger charge is 2.38. The average molecular weight is 333 g/mol. The lowest BCUT2D eigenvalue weighted by molar-refractivity contribution is 0.0992. The van der Waals surface area contributed by atoms with Gasteiger partial charge in [0.2, 0.25) is 5.89 Å². The smallest absolute Gasteiger partial charge is 0.244 e. The van der Waals surface area contributed by atoms with E-state index in [0.29, 0.717) is 17.8 Å². The van der Waals surface area contributed by atoms with Gasteiger partial charge in [-0.3, -0.25) is 4.90 Å². The van der Waals surface area contributed by atoms with Crippen LogP contribution >= 0.6 is 0 Å². The fourth-order valence-corrected chi connectivity index (χ4v) is 3.40. The first-order valence-corrected chi connectivity index (χ1v) is 8.40. The van der Waals surface area contributed by atoms with Gasteiger partial charge in [-0.25, -0.2) is 4.39 Å². The normalized spacial score (nSPS) is 22.8. The van der Waals surface area contributed by atoms with Crippen molar-refractivity contribution < 1.29 is 13.7 Å². The van der Waals surface area contributed by atoms with Gasteiger partial charge >= 0.3 is 0 Å². The molecule has 1 unspecified atom stereocenters. The molecule has 1 aromatic heterocycles. The van der Waals surface area contributed by atoms with Crippen molar-refractivity contribution in [3.8, 4) is 0 Å². The van der Waals surface area contributed by atoms with Crippen molar-refractivity contribution in [1.82, 2.24) is 15.0 Å². The first-order chi connectivity index (χ1) is 11.6. The lowest BCUT2D eigenvalue weighted by atomic mass is 10.0. The fourth-order valence-electron chi connectivity index (χ4n) is 3.40. The lowest BCUT2D eigenvalue weighted by Gasteiger charge is -2.28. The summed E-state index contributed by atoms with van der Waals surface area (Å²) in [7, 11) is 1.74. The quantitative estimate of drug-likeness (QED) is 0.812. The maximum Gasteiger partial charge on any atom is 0.244 e. The summed E-state index contributed by atoms with van der Waals surface area (Å²) in [5.41, 5.74) is 1.02. The number of hydrogen-bond donors (Lipinski definition) is 0. The molecule has 3 rings (SSSR count). The molecule has 130 valence electrons. The minimum Gasteiger partial charge on any atom is -0.380 e. The molecule has 6 heteroatoms. The van der Waals surface area contributed by atoms with Gasteiger partial charge in [-0.05, 0) is 50.8 Å². The second-order valence-electron chi connectivity index (χ2n) is 6.50. The van der Waals surface area contributed by atoms with Crippen molar-refractivity contribution in [2.24, 2.45) is 0 Å². The number of likely N-dealkylation sites (tertiary alicyclic amines) is 1. The molecule has 0 radical (unpaired) electrons. The molecule has 0 aliphatic carbocycles. The van der Waals surface area contributed by atoms with Gasteiger partial charge in [0.05, 0.1) is 12.1 Å². The Morgan fingerprint density at radius 2 is 2.29 bits per heavy atom. The molecule has 1 aliphatic heterocycles. The predicted octanol–water partition coefficient (Wildman–Crippen LogP) is 3.30. The average Bonchev–Trinajstić information content (AvgIpc) is 3.18. The van der Waals surface area contributed by atoms with Gasteiger partial charge in [0.15, 0.2) is 5.82 Å². The molecule has 2 heterocycles. The summed E-state index contributed by atoms with van der Waals surface area (Å²) in [6.45, 7) is 4.86. The molecule has 1 aliphatic rings. The van der Waals surface area contributed by atoms with Gasteiger partial charge in [0.25, 0.3) is 0 Å². The van der Waals surface area contributed by atoms with Crippen LogP contribution in [0.1, 0.15) is 43.1 Å². The van der Waals surface area contributed by atoms with Gasteiger partial charge in [-0.1, -0.05) is 17.3 Å². The summed E-state index contributed by atoms with van der Waals surface area (Å²) in [4.78, 5) is 6.76. The maximum atomic E-state index is 13.3. The van der Waals surface area contributed by atoms with E-state index in [1.807, 2.05) is 13.0 Å². The Bertz CT molecular complexity index is 676. The number of rotatable bonds is 6. The van der Waals surface area contributed by atoms with E-state index < -0.39 is 0 Å². The second kappa shape index (κ2) is 7.40. The van der Waals surface area contributed by atoms with Gasteiger partial charge in [0, 0.05) is 19.7 Å². The first kappa shape index (κ1) is 17.0. The van der Waals surface area contributed by atoms with Crippen molar-refractivity contribution in [3.05, 3.63) is 47.4 Å². The van der Waals surface area contributed by atoms with Gasteiger partial charge in [-0.2, -0.15) is 4.98 Å². The van der Waals surface area contributed by atoms with Crippen LogP contribution in [-0.4, -0.2) is 40.8 Å². The molecule has 0 saturated carbocycles. The van der Waals surface area contributed by atoms with Gasteiger partial charge in [-0.15, -0.1) is 0 Å². The molecule has 1 fully saturated rings. The summed E-state index contributed by atoms with van der Waals surface area (Å²) in [6, 6.07) is 7.20. The van der Waals surface area contributed by atoms with Crippen LogP contribution in [0.3, 0.4) is 0 Å². The summed E-state index contributed by atoms with van der Waals surface area (Å²) in [5.74, 6) is 1.13. The zero-order chi connectivity index (χ0) is 17.1.